The van der Waals surface area contributed by atoms with Gasteiger partial charge in [-0.1, -0.05) is 13.3 Å². The van der Waals surface area contributed by atoms with Gasteiger partial charge in [-0.2, -0.15) is 0 Å². The van der Waals surface area contributed by atoms with Gasteiger partial charge in [-0.3, -0.25) is 0 Å². The first-order chi connectivity index (χ1) is 6.57. The van der Waals surface area contributed by atoms with Crippen LogP contribution in [0.4, 0.5) is 4.39 Å². The van der Waals surface area contributed by atoms with E-state index in [1.165, 1.54) is 12.1 Å². The van der Waals surface area contributed by atoms with Crippen molar-refractivity contribution in [3.05, 3.63) is 29.1 Å². The zero-order valence-electron chi connectivity index (χ0n) is 8.55. The Morgan fingerprint density at radius 3 is 2.71 bits per heavy atom. The number of phenols is 1. The number of halogens is 1. The Morgan fingerprint density at radius 2 is 2.14 bits per heavy atom. The fraction of sp³-hybridized carbons (Fsp3) is 0.455. The highest BCUT2D eigenvalue weighted by atomic mass is 19.1. The summed E-state index contributed by atoms with van der Waals surface area (Å²) < 4.78 is 13.2. The molecule has 1 aromatic rings. The fourth-order valence-electron chi connectivity index (χ4n) is 1.61. The van der Waals surface area contributed by atoms with Gasteiger partial charge in [0.2, 0.25) is 0 Å². The van der Waals surface area contributed by atoms with Crippen molar-refractivity contribution < 1.29 is 9.50 Å². The molecular weight excluding hydrogens is 181 g/mol. The zero-order chi connectivity index (χ0) is 10.7. The van der Waals surface area contributed by atoms with Crippen LogP contribution in [0.15, 0.2) is 12.1 Å². The summed E-state index contributed by atoms with van der Waals surface area (Å²) in [4.78, 5) is 0. The molecule has 0 aliphatic rings. The number of hydrogen-bond acceptors (Lipinski definition) is 2. The summed E-state index contributed by atoms with van der Waals surface area (Å²) >= 11 is 0. The van der Waals surface area contributed by atoms with Crippen molar-refractivity contribution in [2.75, 3.05) is 0 Å². The molecule has 1 atom stereocenters. The van der Waals surface area contributed by atoms with Crippen LogP contribution in [0.5, 0.6) is 5.75 Å². The van der Waals surface area contributed by atoms with Gasteiger partial charge in [0.1, 0.15) is 11.6 Å². The van der Waals surface area contributed by atoms with E-state index in [1.54, 1.807) is 6.92 Å². The maximum absolute atomic E-state index is 13.2. The minimum atomic E-state index is -0.315. The van der Waals surface area contributed by atoms with Crippen molar-refractivity contribution in [1.82, 2.24) is 0 Å². The minimum Gasteiger partial charge on any atom is -0.508 e. The van der Waals surface area contributed by atoms with Gasteiger partial charge in [0.15, 0.2) is 0 Å². The monoisotopic (exact) mass is 197 g/mol. The first-order valence-corrected chi connectivity index (χ1v) is 4.81. The van der Waals surface area contributed by atoms with Crippen molar-refractivity contribution in [3.8, 4) is 5.75 Å². The molecule has 2 nitrogen and oxygen atoms in total. The average molecular weight is 197 g/mol. The largest absolute Gasteiger partial charge is 0.508 e. The van der Waals surface area contributed by atoms with E-state index in [0.717, 1.165) is 12.8 Å². The van der Waals surface area contributed by atoms with Gasteiger partial charge in [-0.15, -0.1) is 0 Å². The highest BCUT2D eigenvalue weighted by Crippen LogP contribution is 2.30. The summed E-state index contributed by atoms with van der Waals surface area (Å²) in [6.07, 6.45) is 1.66. The second kappa shape index (κ2) is 4.42. The van der Waals surface area contributed by atoms with Gasteiger partial charge in [0.25, 0.3) is 0 Å². The van der Waals surface area contributed by atoms with E-state index in [2.05, 4.69) is 0 Å². The molecule has 0 aromatic heterocycles. The first-order valence-electron chi connectivity index (χ1n) is 4.81. The van der Waals surface area contributed by atoms with E-state index in [-0.39, 0.29) is 17.6 Å². The fourth-order valence-corrected chi connectivity index (χ4v) is 1.61. The molecule has 78 valence electrons. The van der Waals surface area contributed by atoms with Crippen LogP contribution in [0.2, 0.25) is 0 Å². The summed E-state index contributed by atoms with van der Waals surface area (Å²) in [5.41, 5.74) is 6.83. The molecule has 1 unspecified atom stereocenters. The van der Waals surface area contributed by atoms with Crippen LogP contribution in [0.3, 0.4) is 0 Å². The summed E-state index contributed by atoms with van der Waals surface area (Å²) in [5.74, 6) is -0.228. The number of aromatic hydroxyl groups is 1. The Balaban J connectivity index is 3.11. The van der Waals surface area contributed by atoms with Crippen molar-refractivity contribution in [2.45, 2.75) is 32.7 Å². The van der Waals surface area contributed by atoms with E-state index in [9.17, 15) is 9.50 Å². The number of benzene rings is 1. The number of nitrogens with two attached hydrogens (primary N) is 1. The Morgan fingerprint density at radius 1 is 1.50 bits per heavy atom. The molecule has 0 aliphatic heterocycles. The lowest BCUT2D eigenvalue weighted by Crippen LogP contribution is -2.12. The van der Waals surface area contributed by atoms with Gasteiger partial charge in [0, 0.05) is 11.6 Å². The van der Waals surface area contributed by atoms with Gasteiger partial charge < -0.3 is 10.8 Å². The lowest BCUT2D eigenvalue weighted by molar-refractivity contribution is 0.453. The molecule has 1 aromatic carbocycles. The molecule has 3 N–H and O–H groups in total. The smallest absolute Gasteiger partial charge is 0.126 e. The lowest BCUT2D eigenvalue weighted by Gasteiger charge is -2.15. The standard InChI is InChI=1S/C11H16FNO/c1-3-4-9(13)11-7(2)8(12)5-6-10(11)14/h5-6,9,14H,3-4,13H2,1-2H3. The van der Waals surface area contributed by atoms with E-state index in [1.807, 2.05) is 6.92 Å². The minimum absolute atomic E-state index is 0.0878. The molecular formula is C11H16FNO. The van der Waals surface area contributed by atoms with Gasteiger partial charge in [-0.05, 0) is 31.0 Å². The maximum atomic E-state index is 13.2. The topological polar surface area (TPSA) is 46.2 Å². The van der Waals surface area contributed by atoms with Crippen molar-refractivity contribution in [2.24, 2.45) is 5.73 Å². The predicted molar refractivity (Wildman–Crippen MR) is 54.6 cm³/mol. The molecule has 14 heavy (non-hydrogen) atoms. The van der Waals surface area contributed by atoms with Crippen LogP contribution in [0.25, 0.3) is 0 Å². The van der Waals surface area contributed by atoms with Gasteiger partial charge >= 0.3 is 0 Å². The summed E-state index contributed by atoms with van der Waals surface area (Å²) in [5, 5.41) is 9.57. The Labute approximate surface area is 83.6 Å². The van der Waals surface area contributed by atoms with Gasteiger partial charge in [-0.25, -0.2) is 4.39 Å². The lowest BCUT2D eigenvalue weighted by atomic mass is 9.97. The van der Waals surface area contributed by atoms with Crippen LogP contribution in [-0.4, -0.2) is 5.11 Å². The SMILES string of the molecule is CCCC(N)c1c(O)ccc(F)c1C. The van der Waals surface area contributed by atoms with Crippen molar-refractivity contribution in [3.63, 3.8) is 0 Å². The number of phenolic OH excluding ortho intramolecular Hbond substituents is 1. The Kier molecular flexibility index (Phi) is 3.47. The third-order valence-electron chi connectivity index (χ3n) is 2.40. The summed E-state index contributed by atoms with van der Waals surface area (Å²) in [6.45, 7) is 3.64. The van der Waals surface area contributed by atoms with Gasteiger partial charge in [0.05, 0.1) is 0 Å². The number of hydrogen-bond donors (Lipinski definition) is 2. The number of rotatable bonds is 3. The molecule has 0 bridgehead atoms. The highest BCUT2D eigenvalue weighted by molar-refractivity contribution is 5.41. The Bertz CT molecular complexity index is 325. The zero-order valence-corrected chi connectivity index (χ0v) is 8.55. The normalized spacial score (nSPS) is 12.9. The highest BCUT2D eigenvalue weighted by Gasteiger charge is 2.15. The molecule has 0 aliphatic carbocycles. The molecule has 0 fully saturated rings. The van der Waals surface area contributed by atoms with Crippen LogP contribution >= 0.6 is 0 Å². The molecule has 0 saturated heterocycles. The molecule has 0 spiro atoms. The molecule has 0 saturated carbocycles. The maximum Gasteiger partial charge on any atom is 0.126 e. The van der Waals surface area contributed by atoms with Crippen LogP contribution < -0.4 is 5.73 Å². The van der Waals surface area contributed by atoms with E-state index >= 15 is 0 Å². The second-order valence-corrected chi connectivity index (χ2v) is 3.50. The van der Waals surface area contributed by atoms with Crippen LogP contribution in [-0.2, 0) is 0 Å². The van der Waals surface area contributed by atoms with E-state index in [0.29, 0.717) is 11.1 Å². The molecule has 3 heteroatoms. The average Bonchev–Trinajstić information content (AvgIpc) is 2.13. The summed E-state index contributed by atoms with van der Waals surface area (Å²) in [7, 11) is 0. The molecule has 0 radical (unpaired) electrons. The predicted octanol–water partition coefficient (Wildman–Crippen LogP) is 2.64. The third kappa shape index (κ3) is 2.04. The Hall–Kier alpha value is -1.09. The first kappa shape index (κ1) is 11.0. The summed E-state index contributed by atoms with van der Waals surface area (Å²) in [6, 6.07) is 2.33. The van der Waals surface area contributed by atoms with Crippen molar-refractivity contribution in [1.29, 1.82) is 0 Å². The quantitative estimate of drug-likeness (QED) is 0.782. The van der Waals surface area contributed by atoms with Crippen LogP contribution in [0, 0.1) is 12.7 Å². The molecule has 0 heterocycles. The van der Waals surface area contributed by atoms with Crippen molar-refractivity contribution >= 4 is 0 Å². The van der Waals surface area contributed by atoms with E-state index in [4.69, 9.17) is 5.73 Å². The second-order valence-electron chi connectivity index (χ2n) is 3.50. The van der Waals surface area contributed by atoms with E-state index < -0.39 is 0 Å². The molecule has 0 amide bonds. The van der Waals surface area contributed by atoms with Crippen LogP contribution in [0.1, 0.15) is 36.9 Å². The molecule has 1 rings (SSSR count). The third-order valence-corrected chi connectivity index (χ3v) is 2.40.